The number of nitrogens with zero attached hydrogens (tertiary/aromatic N) is 2. The van der Waals surface area contributed by atoms with Gasteiger partial charge in [-0.3, -0.25) is 14.4 Å². The van der Waals surface area contributed by atoms with Crippen molar-refractivity contribution < 1.29 is 28.6 Å². The molecule has 1 heterocycles. The number of carbonyl (C=O) groups is 3. The lowest BCUT2D eigenvalue weighted by Gasteiger charge is -2.34. The summed E-state index contributed by atoms with van der Waals surface area (Å²) in [5.41, 5.74) is 0. The van der Waals surface area contributed by atoms with Crippen LogP contribution in [-0.4, -0.2) is 73.6 Å². The average Bonchev–Trinajstić information content (AvgIpc) is 2.71. The van der Waals surface area contributed by atoms with Crippen LogP contribution in [0, 0.1) is 0 Å². The normalized spacial score (nSPS) is 13.8. The van der Waals surface area contributed by atoms with Crippen molar-refractivity contribution in [3.63, 3.8) is 0 Å². The highest BCUT2D eigenvalue weighted by atomic mass is 16.5. The Kier molecular flexibility index (Phi) is 8.58. The summed E-state index contributed by atoms with van der Waals surface area (Å²) in [6, 6.07) is 7.23. The molecule has 0 radical (unpaired) electrons. The van der Waals surface area contributed by atoms with Gasteiger partial charge in [-0.1, -0.05) is 12.1 Å². The van der Waals surface area contributed by atoms with Gasteiger partial charge in [0.15, 0.2) is 18.1 Å². The molecule has 1 aromatic carbocycles. The van der Waals surface area contributed by atoms with Crippen molar-refractivity contribution in [1.29, 1.82) is 0 Å². The van der Waals surface area contributed by atoms with Crippen molar-refractivity contribution in [3.05, 3.63) is 24.3 Å². The van der Waals surface area contributed by atoms with E-state index in [4.69, 9.17) is 14.2 Å². The summed E-state index contributed by atoms with van der Waals surface area (Å²) in [5.74, 6) is 0.543. The molecule has 1 aliphatic heterocycles. The predicted molar refractivity (Wildman–Crippen MR) is 102 cm³/mol. The van der Waals surface area contributed by atoms with E-state index in [9.17, 15) is 14.4 Å². The van der Waals surface area contributed by atoms with Gasteiger partial charge in [0.2, 0.25) is 5.91 Å². The van der Waals surface area contributed by atoms with Crippen LogP contribution in [0.2, 0.25) is 0 Å². The molecular formula is C20H28N2O6. The third kappa shape index (κ3) is 6.44. The molecule has 0 spiro atoms. The summed E-state index contributed by atoms with van der Waals surface area (Å²) in [6.07, 6.45) is 0.211. The van der Waals surface area contributed by atoms with Gasteiger partial charge in [-0.05, 0) is 26.0 Å². The number of carbonyl (C=O) groups excluding carboxylic acids is 3. The minimum atomic E-state index is -0.367. The fraction of sp³-hybridized carbons (Fsp3) is 0.550. The molecule has 0 bridgehead atoms. The van der Waals surface area contributed by atoms with Crippen LogP contribution in [0.5, 0.6) is 11.5 Å². The Morgan fingerprint density at radius 2 is 1.39 bits per heavy atom. The van der Waals surface area contributed by atoms with E-state index in [0.29, 0.717) is 50.9 Å². The van der Waals surface area contributed by atoms with Gasteiger partial charge in [0.05, 0.1) is 19.6 Å². The molecule has 1 aliphatic rings. The number of benzene rings is 1. The standard InChI is InChI=1S/C20H28N2O6/c1-3-26-16-7-5-6-8-17(16)28-15-19(24)22-13-11-21(12-14-22)18(23)9-10-20(25)27-4-2/h5-8H,3-4,9-15H2,1-2H3. The molecule has 0 aromatic heterocycles. The average molecular weight is 392 g/mol. The zero-order chi connectivity index (χ0) is 20.4. The molecule has 1 aromatic rings. The monoisotopic (exact) mass is 392 g/mol. The molecule has 28 heavy (non-hydrogen) atoms. The minimum Gasteiger partial charge on any atom is -0.490 e. The molecule has 0 aliphatic carbocycles. The highest BCUT2D eigenvalue weighted by Crippen LogP contribution is 2.26. The Morgan fingerprint density at radius 1 is 0.821 bits per heavy atom. The Bertz CT molecular complexity index is 670. The third-order valence-corrected chi connectivity index (χ3v) is 4.33. The number of hydrogen-bond acceptors (Lipinski definition) is 6. The van der Waals surface area contributed by atoms with Gasteiger partial charge in [0.25, 0.3) is 5.91 Å². The predicted octanol–water partition coefficient (Wildman–Crippen LogP) is 1.48. The van der Waals surface area contributed by atoms with Crippen LogP contribution >= 0.6 is 0 Å². The van der Waals surface area contributed by atoms with Gasteiger partial charge >= 0.3 is 5.97 Å². The molecule has 8 nitrogen and oxygen atoms in total. The van der Waals surface area contributed by atoms with E-state index in [0.717, 1.165) is 0 Å². The largest absolute Gasteiger partial charge is 0.490 e. The van der Waals surface area contributed by atoms with Gasteiger partial charge in [-0.25, -0.2) is 0 Å². The van der Waals surface area contributed by atoms with Gasteiger partial charge in [0, 0.05) is 32.6 Å². The van der Waals surface area contributed by atoms with Crippen molar-refractivity contribution in [2.24, 2.45) is 0 Å². The van der Waals surface area contributed by atoms with Crippen LogP contribution in [0.4, 0.5) is 0 Å². The maximum atomic E-state index is 12.4. The molecule has 2 rings (SSSR count). The van der Waals surface area contributed by atoms with E-state index in [1.165, 1.54) is 0 Å². The second-order valence-corrected chi connectivity index (χ2v) is 6.24. The zero-order valence-electron chi connectivity index (χ0n) is 16.5. The molecule has 1 fully saturated rings. The van der Waals surface area contributed by atoms with E-state index in [2.05, 4.69) is 0 Å². The second kappa shape index (κ2) is 11.2. The van der Waals surface area contributed by atoms with Gasteiger partial charge < -0.3 is 24.0 Å². The van der Waals surface area contributed by atoms with Crippen LogP contribution in [0.3, 0.4) is 0 Å². The lowest BCUT2D eigenvalue weighted by Crippen LogP contribution is -2.51. The number of rotatable bonds is 9. The first-order valence-corrected chi connectivity index (χ1v) is 9.61. The smallest absolute Gasteiger partial charge is 0.306 e. The van der Waals surface area contributed by atoms with Crippen molar-refractivity contribution in [2.75, 3.05) is 46.0 Å². The van der Waals surface area contributed by atoms with Crippen LogP contribution in [0.1, 0.15) is 26.7 Å². The second-order valence-electron chi connectivity index (χ2n) is 6.24. The Labute approximate surface area is 165 Å². The number of para-hydroxylation sites is 2. The third-order valence-electron chi connectivity index (χ3n) is 4.33. The molecule has 154 valence electrons. The molecule has 0 saturated carbocycles. The van der Waals surface area contributed by atoms with Crippen molar-refractivity contribution in [1.82, 2.24) is 9.80 Å². The maximum Gasteiger partial charge on any atom is 0.306 e. The Morgan fingerprint density at radius 3 is 1.96 bits per heavy atom. The summed E-state index contributed by atoms with van der Waals surface area (Å²) in [7, 11) is 0. The lowest BCUT2D eigenvalue weighted by atomic mass is 10.2. The quantitative estimate of drug-likeness (QED) is 0.592. The number of amides is 2. The van der Waals surface area contributed by atoms with E-state index < -0.39 is 0 Å². The highest BCUT2D eigenvalue weighted by molar-refractivity contribution is 5.82. The van der Waals surface area contributed by atoms with Gasteiger partial charge in [-0.15, -0.1) is 0 Å². The first kappa shape index (κ1) is 21.5. The summed E-state index contributed by atoms with van der Waals surface area (Å²) >= 11 is 0. The van der Waals surface area contributed by atoms with Gasteiger partial charge in [0.1, 0.15) is 0 Å². The van der Waals surface area contributed by atoms with E-state index >= 15 is 0 Å². The summed E-state index contributed by atoms with van der Waals surface area (Å²) < 4.78 is 15.9. The van der Waals surface area contributed by atoms with Crippen LogP contribution in [0.15, 0.2) is 24.3 Å². The molecular weight excluding hydrogens is 364 g/mol. The van der Waals surface area contributed by atoms with E-state index in [-0.39, 0.29) is 37.2 Å². The van der Waals surface area contributed by atoms with Crippen molar-refractivity contribution >= 4 is 17.8 Å². The highest BCUT2D eigenvalue weighted by Gasteiger charge is 2.24. The zero-order valence-corrected chi connectivity index (χ0v) is 16.5. The molecule has 2 amide bonds. The summed E-state index contributed by atoms with van der Waals surface area (Å²) in [4.78, 5) is 39.3. The number of hydrogen-bond donors (Lipinski definition) is 0. The fourth-order valence-corrected chi connectivity index (χ4v) is 2.88. The lowest BCUT2D eigenvalue weighted by molar-refractivity contribution is -0.146. The van der Waals surface area contributed by atoms with Crippen molar-refractivity contribution in [2.45, 2.75) is 26.7 Å². The first-order valence-electron chi connectivity index (χ1n) is 9.61. The fourth-order valence-electron chi connectivity index (χ4n) is 2.88. The van der Waals surface area contributed by atoms with Crippen LogP contribution in [-0.2, 0) is 19.1 Å². The van der Waals surface area contributed by atoms with Crippen molar-refractivity contribution in [3.8, 4) is 11.5 Å². The molecule has 0 atom stereocenters. The first-order chi connectivity index (χ1) is 13.5. The van der Waals surface area contributed by atoms with E-state index in [1.807, 2.05) is 19.1 Å². The number of piperazine rings is 1. The summed E-state index contributed by atoms with van der Waals surface area (Å²) in [6.45, 7) is 6.14. The Hall–Kier alpha value is -2.77. The minimum absolute atomic E-state index is 0.0822. The van der Waals surface area contributed by atoms with E-state index in [1.54, 1.807) is 28.9 Å². The molecule has 0 unspecified atom stereocenters. The molecule has 8 heteroatoms. The van der Waals surface area contributed by atoms with Crippen LogP contribution in [0.25, 0.3) is 0 Å². The SMILES string of the molecule is CCOC(=O)CCC(=O)N1CCN(C(=O)COc2ccccc2OCC)CC1. The maximum absolute atomic E-state index is 12.4. The molecule has 1 saturated heterocycles. The summed E-state index contributed by atoms with van der Waals surface area (Å²) in [5, 5.41) is 0. The topological polar surface area (TPSA) is 85.4 Å². The van der Waals surface area contributed by atoms with Gasteiger partial charge in [-0.2, -0.15) is 0 Å². The Balaban J connectivity index is 1.74. The molecule has 0 N–H and O–H groups in total. The number of esters is 1. The number of ether oxygens (including phenoxy) is 3. The van der Waals surface area contributed by atoms with Crippen LogP contribution < -0.4 is 9.47 Å².